The van der Waals surface area contributed by atoms with E-state index in [4.69, 9.17) is 16.3 Å². The van der Waals surface area contributed by atoms with Gasteiger partial charge in [0.25, 0.3) is 0 Å². The molecule has 1 fully saturated rings. The van der Waals surface area contributed by atoms with Crippen LogP contribution in [0.15, 0.2) is 49.1 Å². The first kappa shape index (κ1) is 29.6. The molecule has 1 saturated heterocycles. The number of pyridine rings is 2. The van der Waals surface area contributed by atoms with Crippen LogP contribution in [0.5, 0.6) is 5.88 Å². The average Bonchev–Trinajstić information content (AvgIpc) is 3.42. The first-order valence-corrected chi connectivity index (χ1v) is 13.7. The van der Waals surface area contributed by atoms with E-state index < -0.39 is 23.6 Å². The van der Waals surface area contributed by atoms with E-state index >= 15 is 0 Å². The van der Waals surface area contributed by atoms with Crippen molar-refractivity contribution in [2.45, 2.75) is 37.5 Å². The number of aromatic nitrogens is 4. The molecule has 0 spiro atoms. The summed E-state index contributed by atoms with van der Waals surface area (Å²) in [5.74, 6) is 0.683. The Balaban J connectivity index is 1.54. The highest BCUT2D eigenvalue weighted by Crippen LogP contribution is 2.41. The highest BCUT2D eigenvalue weighted by molar-refractivity contribution is 6.36. The van der Waals surface area contributed by atoms with E-state index in [0.29, 0.717) is 64.1 Å². The van der Waals surface area contributed by atoms with Crippen molar-refractivity contribution in [1.82, 2.24) is 24.4 Å². The third kappa shape index (κ3) is 5.48. The number of carbonyl (C=O) groups is 1. The van der Waals surface area contributed by atoms with Crippen molar-refractivity contribution in [2.24, 2.45) is 13.0 Å². The summed E-state index contributed by atoms with van der Waals surface area (Å²) in [6.45, 7) is 0.963. The lowest BCUT2D eigenvalue weighted by molar-refractivity contribution is -0.141. The average molecular weight is 604 g/mol. The topological polar surface area (TPSA) is 114 Å². The van der Waals surface area contributed by atoms with Crippen molar-refractivity contribution in [2.75, 3.05) is 20.2 Å². The molecule has 0 aliphatic carbocycles. The van der Waals surface area contributed by atoms with Gasteiger partial charge in [-0.1, -0.05) is 23.7 Å². The molecule has 0 saturated carbocycles. The normalized spacial score (nSPS) is 16.0. The van der Waals surface area contributed by atoms with Gasteiger partial charge in [0.15, 0.2) is 5.60 Å². The predicted octanol–water partition coefficient (Wildman–Crippen LogP) is 5.65. The first-order chi connectivity index (χ1) is 19.9. The largest absolute Gasteiger partial charge is 0.481 e. The number of nitrogens with zero attached hydrogens (tertiary/aromatic N) is 5. The molecule has 4 heterocycles. The SMILES string of the molecule is COc1nc2ccc(C(O)(c3ccc(C(F)(F)F)nc3)c3cncn3C)cc2c(Cl)c1CCC1CCN(C(=O)O)CC1. The highest BCUT2D eigenvalue weighted by atomic mass is 35.5. The third-order valence-electron chi connectivity index (χ3n) is 7.94. The number of aryl methyl sites for hydroxylation is 1. The standard InChI is InChI=1S/C29H29ClF3N5O4/c1-37-16-34-15-24(37)28(41,19-5-8-23(35-14-19)29(31,32)33)18-4-7-22-21(13-18)25(30)20(26(36-22)42-2)6-3-17-9-11-38(12-10-17)27(39)40/h4-5,7-8,13-17,41H,3,6,9-12H2,1-2H3,(H,39,40). The number of hydrogen-bond acceptors (Lipinski definition) is 6. The van der Waals surface area contributed by atoms with Crippen LogP contribution in [-0.2, 0) is 25.2 Å². The molecule has 0 radical (unpaired) electrons. The molecule has 2 N–H and O–H groups in total. The van der Waals surface area contributed by atoms with Crippen molar-refractivity contribution in [3.63, 3.8) is 0 Å². The summed E-state index contributed by atoms with van der Waals surface area (Å²) in [5.41, 5.74) is -1.03. The summed E-state index contributed by atoms with van der Waals surface area (Å²) in [4.78, 5) is 25.0. The number of alkyl halides is 3. The van der Waals surface area contributed by atoms with Crippen LogP contribution in [0.25, 0.3) is 10.9 Å². The molecule has 1 amide bonds. The number of fused-ring (bicyclic) bond motifs is 1. The van der Waals surface area contributed by atoms with Gasteiger partial charge in [0.05, 0.1) is 35.9 Å². The van der Waals surface area contributed by atoms with E-state index in [-0.39, 0.29) is 5.56 Å². The van der Waals surface area contributed by atoms with Crippen molar-refractivity contribution in [1.29, 1.82) is 0 Å². The fraction of sp³-hybridized carbons (Fsp3) is 0.379. The van der Waals surface area contributed by atoms with E-state index in [1.165, 1.54) is 30.6 Å². The minimum Gasteiger partial charge on any atom is -0.481 e. The molecule has 42 heavy (non-hydrogen) atoms. The van der Waals surface area contributed by atoms with Gasteiger partial charge in [0.1, 0.15) is 5.69 Å². The fourth-order valence-electron chi connectivity index (χ4n) is 5.56. The molecule has 0 bridgehead atoms. The van der Waals surface area contributed by atoms with Crippen LogP contribution in [-0.4, -0.2) is 60.9 Å². The van der Waals surface area contributed by atoms with Crippen LogP contribution < -0.4 is 4.74 Å². The second kappa shape index (κ2) is 11.4. The monoisotopic (exact) mass is 603 g/mol. The quantitative estimate of drug-likeness (QED) is 0.281. The number of halogens is 4. The molecule has 1 aliphatic rings. The van der Waals surface area contributed by atoms with Crippen LogP contribution in [0.4, 0.5) is 18.0 Å². The Morgan fingerprint density at radius 3 is 2.43 bits per heavy atom. The van der Waals surface area contributed by atoms with Gasteiger partial charge in [-0.2, -0.15) is 13.2 Å². The molecule has 1 aliphatic heterocycles. The molecule has 9 nitrogen and oxygen atoms in total. The predicted molar refractivity (Wildman–Crippen MR) is 148 cm³/mol. The number of imidazole rings is 1. The van der Waals surface area contributed by atoms with Gasteiger partial charge >= 0.3 is 12.3 Å². The summed E-state index contributed by atoms with van der Waals surface area (Å²) >= 11 is 6.96. The van der Waals surface area contributed by atoms with E-state index in [2.05, 4.69) is 15.0 Å². The summed E-state index contributed by atoms with van der Waals surface area (Å²) < 4.78 is 46.8. The molecule has 1 atom stereocenters. The molecule has 4 aromatic rings. The Morgan fingerprint density at radius 2 is 1.86 bits per heavy atom. The van der Waals surface area contributed by atoms with Gasteiger partial charge in [-0.3, -0.25) is 4.98 Å². The minimum atomic E-state index is -4.63. The smallest absolute Gasteiger partial charge is 0.433 e. The van der Waals surface area contributed by atoms with Crippen molar-refractivity contribution < 1.29 is 32.9 Å². The molecular weight excluding hydrogens is 575 g/mol. The maximum Gasteiger partial charge on any atom is 0.433 e. The molecule has 13 heteroatoms. The van der Waals surface area contributed by atoms with E-state index in [1.807, 2.05) is 0 Å². The Kier molecular flexibility index (Phi) is 8.04. The molecule has 1 unspecified atom stereocenters. The number of aliphatic hydroxyl groups is 1. The number of likely N-dealkylation sites (tertiary alicyclic amines) is 1. The van der Waals surface area contributed by atoms with E-state index in [9.17, 15) is 28.2 Å². The summed E-state index contributed by atoms with van der Waals surface area (Å²) in [7, 11) is 3.18. The number of benzene rings is 1. The number of methoxy groups -OCH3 is 1. The first-order valence-electron chi connectivity index (χ1n) is 13.3. The van der Waals surface area contributed by atoms with Crippen LogP contribution in [0, 0.1) is 5.92 Å². The number of amides is 1. The zero-order chi connectivity index (χ0) is 30.2. The number of carboxylic acid groups (broad SMARTS) is 1. The van der Waals surface area contributed by atoms with Crippen LogP contribution in [0.1, 0.15) is 47.3 Å². The Hall–Kier alpha value is -3.90. The van der Waals surface area contributed by atoms with Gasteiger partial charge in [-0.15, -0.1) is 0 Å². The minimum absolute atomic E-state index is 0.115. The number of rotatable bonds is 7. The maximum absolute atomic E-state index is 13.2. The molecule has 222 valence electrons. The van der Waals surface area contributed by atoms with Crippen molar-refractivity contribution in [3.05, 3.63) is 82.2 Å². The number of ether oxygens (including phenoxy) is 1. The molecule has 5 rings (SSSR count). The summed E-state index contributed by atoms with van der Waals surface area (Å²) in [5, 5.41) is 22.4. The summed E-state index contributed by atoms with van der Waals surface area (Å²) in [6.07, 6.45) is 1.18. The maximum atomic E-state index is 13.2. The van der Waals surface area contributed by atoms with E-state index in [1.54, 1.807) is 29.8 Å². The van der Waals surface area contributed by atoms with Crippen LogP contribution in [0.3, 0.4) is 0 Å². The van der Waals surface area contributed by atoms with Gasteiger partial charge in [-0.05, 0) is 55.4 Å². The zero-order valence-electron chi connectivity index (χ0n) is 22.9. The Morgan fingerprint density at radius 1 is 1.14 bits per heavy atom. The van der Waals surface area contributed by atoms with Crippen molar-refractivity contribution in [3.8, 4) is 5.88 Å². The fourth-order valence-corrected chi connectivity index (χ4v) is 5.89. The van der Waals surface area contributed by atoms with Crippen LogP contribution >= 0.6 is 11.6 Å². The van der Waals surface area contributed by atoms with Gasteiger partial charge in [-0.25, -0.2) is 14.8 Å². The lowest BCUT2D eigenvalue weighted by atomic mass is 9.83. The summed E-state index contributed by atoms with van der Waals surface area (Å²) in [6, 6.07) is 7.00. The number of hydrogen-bond donors (Lipinski definition) is 2. The van der Waals surface area contributed by atoms with Crippen LogP contribution in [0.2, 0.25) is 5.02 Å². The second-order valence-corrected chi connectivity index (χ2v) is 10.8. The highest BCUT2D eigenvalue weighted by Gasteiger charge is 2.39. The second-order valence-electron chi connectivity index (χ2n) is 10.4. The lowest BCUT2D eigenvalue weighted by Crippen LogP contribution is -2.37. The van der Waals surface area contributed by atoms with Gasteiger partial charge < -0.3 is 24.4 Å². The van der Waals surface area contributed by atoms with Gasteiger partial charge in [0, 0.05) is 42.8 Å². The third-order valence-corrected chi connectivity index (χ3v) is 8.37. The molecule has 1 aromatic carbocycles. The van der Waals surface area contributed by atoms with E-state index in [0.717, 1.165) is 31.5 Å². The zero-order valence-corrected chi connectivity index (χ0v) is 23.7. The van der Waals surface area contributed by atoms with Gasteiger partial charge in [0.2, 0.25) is 5.88 Å². The Labute approximate surface area is 244 Å². The number of piperidine rings is 1. The molecular formula is C29H29ClF3N5O4. The Bertz CT molecular complexity index is 1600. The lowest BCUT2D eigenvalue weighted by Gasteiger charge is -2.30. The molecule has 3 aromatic heterocycles. The van der Waals surface area contributed by atoms with Crippen molar-refractivity contribution >= 4 is 28.6 Å².